The lowest BCUT2D eigenvalue weighted by Crippen LogP contribution is -2.20. The van der Waals surface area contributed by atoms with E-state index in [1.807, 2.05) is 7.05 Å². The summed E-state index contributed by atoms with van der Waals surface area (Å²) in [4.78, 5) is 0. The zero-order valence-electron chi connectivity index (χ0n) is 11.5. The maximum atomic E-state index is 5.61. The lowest BCUT2D eigenvalue weighted by molar-refractivity contribution is 0.390. The Kier molecular flexibility index (Phi) is 3.43. The quantitative estimate of drug-likeness (QED) is 0.862. The van der Waals surface area contributed by atoms with E-state index >= 15 is 0 Å². The highest BCUT2D eigenvalue weighted by atomic mass is 16.5. The molecule has 0 amide bonds. The van der Waals surface area contributed by atoms with Crippen molar-refractivity contribution in [3.8, 4) is 5.75 Å². The van der Waals surface area contributed by atoms with Crippen LogP contribution in [0.5, 0.6) is 5.75 Å². The molecule has 0 bridgehead atoms. The molecule has 2 nitrogen and oxygen atoms in total. The van der Waals surface area contributed by atoms with Gasteiger partial charge in [-0.3, -0.25) is 0 Å². The van der Waals surface area contributed by atoms with Gasteiger partial charge in [0.25, 0.3) is 0 Å². The zero-order valence-corrected chi connectivity index (χ0v) is 11.5. The van der Waals surface area contributed by atoms with Gasteiger partial charge in [-0.05, 0) is 50.3 Å². The van der Waals surface area contributed by atoms with Crippen LogP contribution in [-0.2, 0) is 0 Å². The highest BCUT2D eigenvalue weighted by Gasteiger charge is 2.40. The molecular formula is C15H23NO. The summed E-state index contributed by atoms with van der Waals surface area (Å²) in [6.07, 6.45) is 1.32. The van der Waals surface area contributed by atoms with Crippen LogP contribution in [0.15, 0.2) is 12.1 Å². The lowest BCUT2D eigenvalue weighted by Gasteiger charge is -2.21. The molecule has 1 fully saturated rings. The van der Waals surface area contributed by atoms with Gasteiger partial charge in [-0.15, -0.1) is 0 Å². The van der Waals surface area contributed by atoms with Crippen LogP contribution < -0.4 is 10.1 Å². The third kappa shape index (κ3) is 2.19. The summed E-state index contributed by atoms with van der Waals surface area (Å²) < 4.78 is 5.61. The minimum atomic E-state index is 0.430. The molecule has 1 N–H and O–H groups in total. The maximum absolute atomic E-state index is 5.61. The average Bonchev–Trinajstić information content (AvgIpc) is 3.02. The molecule has 1 aliphatic rings. The Labute approximate surface area is 104 Å². The van der Waals surface area contributed by atoms with Crippen molar-refractivity contribution in [1.82, 2.24) is 5.32 Å². The fraction of sp³-hybridized carbons (Fsp3) is 0.600. The van der Waals surface area contributed by atoms with Crippen molar-refractivity contribution >= 4 is 0 Å². The largest absolute Gasteiger partial charge is 0.496 e. The number of ether oxygens (including phenoxy) is 1. The van der Waals surface area contributed by atoms with E-state index in [0.717, 1.165) is 17.6 Å². The number of methoxy groups -OCH3 is 1. The first kappa shape index (κ1) is 12.4. The van der Waals surface area contributed by atoms with Crippen LogP contribution in [0.2, 0.25) is 0 Å². The fourth-order valence-corrected chi connectivity index (χ4v) is 2.74. The predicted octanol–water partition coefficient (Wildman–Crippen LogP) is 3.23. The molecule has 17 heavy (non-hydrogen) atoms. The highest BCUT2D eigenvalue weighted by molar-refractivity contribution is 5.47. The summed E-state index contributed by atoms with van der Waals surface area (Å²) in [6.45, 7) is 6.60. The second-order valence-electron chi connectivity index (χ2n) is 5.27. The van der Waals surface area contributed by atoms with Crippen LogP contribution in [0.3, 0.4) is 0 Å². The molecule has 1 aliphatic carbocycles. The van der Waals surface area contributed by atoms with Crippen molar-refractivity contribution in [3.05, 3.63) is 28.8 Å². The van der Waals surface area contributed by atoms with E-state index in [2.05, 4.69) is 38.2 Å². The molecule has 0 aromatic heterocycles. The molecule has 3 unspecified atom stereocenters. The Morgan fingerprint density at radius 1 is 1.35 bits per heavy atom. The standard InChI is InChI=1S/C15H23NO/c1-9-6-7-12(15(17-5)11(9)3)14(16-4)13-8-10(13)2/h6-7,10,13-14,16H,8H2,1-5H3. The van der Waals surface area contributed by atoms with Gasteiger partial charge in [0.05, 0.1) is 7.11 Å². The van der Waals surface area contributed by atoms with E-state index in [-0.39, 0.29) is 0 Å². The molecule has 0 heterocycles. The molecule has 0 radical (unpaired) electrons. The van der Waals surface area contributed by atoms with Gasteiger partial charge in [0.2, 0.25) is 0 Å². The first-order valence-electron chi connectivity index (χ1n) is 6.41. The summed E-state index contributed by atoms with van der Waals surface area (Å²) in [5.41, 5.74) is 3.87. The van der Waals surface area contributed by atoms with Gasteiger partial charge in [0, 0.05) is 11.6 Å². The molecule has 0 aliphatic heterocycles. The van der Waals surface area contributed by atoms with Crippen LogP contribution in [0.4, 0.5) is 0 Å². The summed E-state index contributed by atoms with van der Waals surface area (Å²) in [6, 6.07) is 4.84. The van der Waals surface area contributed by atoms with Crippen molar-refractivity contribution in [2.24, 2.45) is 11.8 Å². The molecule has 94 valence electrons. The molecule has 3 atom stereocenters. The van der Waals surface area contributed by atoms with Crippen LogP contribution in [0, 0.1) is 25.7 Å². The Bertz CT molecular complexity index is 414. The third-order valence-corrected chi connectivity index (χ3v) is 4.16. The number of hydrogen-bond donors (Lipinski definition) is 1. The minimum absolute atomic E-state index is 0.430. The smallest absolute Gasteiger partial charge is 0.126 e. The third-order valence-electron chi connectivity index (χ3n) is 4.16. The van der Waals surface area contributed by atoms with Gasteiger partial charge in [0.15, 0.2) is 0 Å². The van der Waals surface area contributed by atoms with Crippen molar-refractivity contribution in [2.75, 3.05) is 14.2 Å². The Morgan fingerprint density at radius 2 is 2.00 bits per heavy atom. The van der Waals surface area contributed by atoms with E-state index < -0.39 is 0 Å². The van der Waals surface area contributed by atoms with E-state index in [4.69, 9.17) is 4.74 Å². The first-order chi connectivity index (χ1) is 8.10. The second kappa shape index (κ2) is 4.69. The van der Waals surface area contributed by atoms with Crippen LogP contribution in [0.25, 0.3) is 0 Å². The van der Waals surface area contributed by atoms with Crippen LogP contribution in [-0.4, -0.2) is 14.2 Å². The number of aryl methyl sites for hydroxylation is 1. The summed E-state index contributed by atoms with van der Waals surface area (Å²) in [5, 5.41) is 3.45. The SMILES string of the molecule is CNC(c1ccc(C)c(C)c1OC)C1CC1C. The van der Waals surface area contributed by atoms with Crippen LogP contribution in [0.1, 0.15) is 36.1 Å². The van der Waals surface area contributed by atoms with E-state index in [0.29, 0.717) is 6.04 Å². The summed E-state index contributed by atoms with van der Waals surface area (Å²) >= 11 is 0. The van der Waals surface area contributed by atoms with Gasteiger partial charge in [-0.25, -0.2) is 0 Å². The van der Waals surface area contributed by atoms with Crippen molar-refractivity contribution in [1.29, 1.82) is 0 Å². The Morgan fingerprint density at radius 3 is 2.47 bits per heavy atom. The number of rotatable bonds is 4. The number of benzene rings is 1. The molecule has 0 saturated heterocycles. The minimum Gasteiger partial charge on any atom is -0.496 e. The molecule has 1 aromatic carbocycles. The first-order valence-corrected chi connectivity index (χ1v) is 6.41. The Hall–Kier alpha value is -1.02. The molecule has 2 rings (SSSR count). The molecule has 1 saturated carbocycles. The summed E-state index contributed by atoms with van der Waals surface area (Å²) in [5.74, 6) is 2.65. The molecular weight excluding hydrogens is 210 g/mol. The van der Waals surface area contributed by atoms with Gasteiger partial charge >= 0.3 is 0 Å². The second-order valence-corrected chi connectivity index (χ2v) is 5.27. The van der Waals surface area contributed by atoms with Crippen molar-refractivity contribution < 1.29 is 4.74 Å². The zero-order chi connectivity index (χ0) is 12.6. The van der Waals surface area contributed by atoms with Crippen molar-refractivity contribution in [2.45, 2.75) is 33.2 Å². The van der Waals surface area contributed by atoms with Gasteiger partial charge in [0.1, 0.15) is 5.75 Å². The Balaban J connectivity index is 2.39. The fourth-order valence-electron chi connectivity index (χ4n) is 2.74. The molecule has 2 heteroatoms. The molecule has 0 spiro atoms. The predicted molar refractivity (Wildman–Crippen MR) is 71.5 cm³/mol. The van der Waals surface area contributed by atoms with Crippen molar-refractivity contribution in [3.63, 3.8) is 0 Å². The van der Waals surface area contributed by atoms with Gasteiger partial charge < -0.3 is 10.1 Å². The number of hydrogen-bond acceptors (Lipinski definition) is 2. The van der Waals surface area contributed by atoms with Crippen LogP contribution >= 0.6 is 0 Å². The van der Waals surface area contributed by atoms with E-state index in [1.165, 1.54) is 23.1 Å². The monoisotopic (exact) mass is 233 g/mol. The average molecular weight is 233 g/mol. The van der Waals surface area contributed by atoms with E-state index in [1.54, 1.807) is 7.11 Å². The van der Waals surface area contributed by atoms with Gasteiger partial charge in [-0.2, -0.15) is 0 Å². The maximum Gasteiger partial charge on any atom is 0.126 e. The number of nitrogens with one attached hydrogen (secondary N) is 1. The normalized spacial score (nSPS) is 24.5. The van der Waals surface area contributed by atoms with E-state index in [9.17, 15) is 0 Å². The highest BCUT2D eigenvalue weighted by Crippen LogP contribution is 2.49. The lowest BCUT2D eigenvalue weighted by atomic mass is 9.95. The van der Waals surface area contributed by atoms with Gasteiger partial charge in [-0.1, -0.05) is 19.1 Å². The molecule has 1 aromatic rings. The topological polar surface area (TPSA) is 21.3 Å². The summed E-state index contributed by atoms with van der Waals surface area (Å²) in [7, 11) is 3.82.